The maximum Gasteiger partial charge on any atom is 0.460 e. The molecular weight excluding hydrogens is 375 g/mol. The molecule has 0 aromatic heterocycles. The summed E-state index contributed by atoms with van der Waals surface area (Å²) < 4.78 is 161. The van der Waals surface area contributed by atoms with Crippen LogP contribution in [0.1, 0.15) is 0 Å². The number of alkyl halides is 11. The van der Waals surface area contributed by atoms with Crippen LogP contribution in [0.25, 0.3) is 0 Å². The van der Waals surface area contributed by atoms with E-state index < -0.39 is 47.5 Å². The predicted molar refractivity (Wildman–Crippen MR) is 42.7 cm³/mol. The van der Waals surface area contributed by atoms with Gasteiger partial charge in [0.15, 0.2) is 0 Å². The molecule has 0 radical (unpaired) electrons. The van der Waals surface area contributed by atoms with Gasteiger partial charge in [0.2, 0.25) is 11.7 Å². The molecular formula is C8HF13O2. The molecule has 0 aliphatic carbocycles. The Balaban J connectivity index is 6.37. The fourth-order valence-corrected chi connectivity index (χ4v) is 0.942. The molecule has 0 aliphatic heterocycles. The van der Waals surface area contributed by atoms with Crippen molar-refractivity contribution in [3.8, 4) is 0 Å². The summed E-state index contributed by atoms with van der Waals surface area (Å²) in [4.78, 5) is 9.75. The quantitative estimate of drug-likeness (QED) is 0.573. The minimum absolute atomic E-state index is 3.33. The van der Waals surface area contributed by atoms with Crippen LogP contribution in [0.5, 0.6) is 0 Å². The first kappa shape index (κ1) is 21.3. The van der Waals surface area contributed by atoms with Crippen LogP contribution in [0.4, 0.5) is 57.1 Å². The molecule has 15 heteroatoms. The second kappa shape index (κ2) is 5.43. The Morgan fingerprint density at radius 1 is 0.652 bits per heavy atom. The lowest BCUT2D eigenvalue weighted by Gasteiger charge is -2.36. The van der Waals surface area contributed by atoms with Crippen LogP contribution in [0.2, 0.25) is 0 Å². The van der Waals surface area contributed by atoms with Gasteiger partial charge in [-0.2, -0.15) is 52.7 Å². The Bertz CT molecular complexity index is 515. The standard InChI is InChI=1S/C8HF13O2/c9-1(3(22)23)2(10)4(11,12)5(13,14)6(15,16)7(17,18)8(19,20)21/h(H,22,23)/b2-1+. The molecule has 0 heterocycles. The van der Waals surface area contributed by atoms with E-state index in [9.17, 15) is 61.9 Å². The third kappa shape index (κ3) is 2.91. The lowest BCUT2D eigenvalue weighted by Crippen LogP contribution is -2.66. The van der Waals surface area contributed by atoms with Crippen LogP contribution in [0, 0.1) is 0 Å². The van der Waals surface area contributed by atoms with Gasteiger partial charge in [-0.3, -0.25) is 0 Å². The van der Waals surface area contributed by atoms with Crippen molar-refractivity contribution in [1.29, 1.82) is 0 Å². The van der Waals surface area contributed by atoms with Crippen molar-refractivity contribution in [3.05, 3.63) is 11.7 Å². The first-order chi connectivity index (χ1) is 9.76. The number of allylic oxidation sites excluding steroid dienone is 1. The number of aliphatic carboxylic acids is 1. The van der Waals surface area contributed by atoms with Gasteiger partial charge in [0.25, 0.3) is 0 Å². The first-order valence-corrected chi connectivity index (χ1v) is 4.63. The fourth-order valence-electron chi connectivity index (χ4n) is 0.942. The van der Waals surface area contributed by atoms with Crippen molar-refractivity contribution >= 4 is 5.97 Å². The van der Waals surface area contributed by atoms with Gasteiger partial charge in [-0.25, -0.2) is 9.18 Å². The van der Waals surface area contributed by atoms with Crippen molar-refractivity contribution in [2.24, 2.45) is 0 Å². The number of carboxylic acid groups (broad SMARTS) is 1. The second-order valence-corrected chi connectivity index (χ2v) is 3.73. The average Bonchev–Trinajstić information content (AvgIpc) is 2.34. The minimum Gasteiger partial charge on any atom is -0.476 e. The maximum absolute atomic E-state index is 12.8. The second-order valence-electron chi connectivity index (χ2n) is 3.73. The van der Waals surface area contributed by atoms with Gasteiger partial charge >= 0.3 is 35.8 Å². The van der Waals surface area contributed by atoms with Crippen LogP contribution >= 0.6 is 0 Å². The number of halogens is 13. The SMILES string of the molecule is O=C(O)/C(F)=C(\F)C(F)(F)C(F)(F)C(F)(F)C(F)(F)C(F)(F)F. The van der Waals surface area contributed by atoms with Crippen LogP contribution in [-0.2, 0) is 4.79 Å². The molecule has 0 aromatic carbocycles. The normalized spacial score (nSPS) is 16.2. The summed E-state index contributed by atoms with van der Waals surface area (Å²) in [6.07, 6.45) is -7.47. The molecule has 0 fully saturated rings. The molecule has 2 nitrogen and oxygen atoms in total. The molecule has 0 atom stereocenters. The van der Waals surface area contributed by atoms with Crippen molar-refractivity contribution in [2.75, 3.05) is 0 Å². The lowest BCUT2D eigenvalue weighted by atomic mass is 9.97. The van der Waals surface area contributed by atoms with Crippen LogP contribution in [0.15, 0.2) is 11.7 Å². The highest BCUT2D eigenvalue weighted by molar-refractivity contribution is 5.84. The third-order valence-corrected chi connectivity index (χ3v) is 2.20. The minimum atomic E-state index is -7.96. The van der Waals surface area contributed by atoms with Crippen LogP contribution in [-0.4, -0.2) is 40.9 Å². The molecule has 0 unspecified atom stereocenters. The molecule has 0 spiro atoms. The van der Waals surface area contributed by atoms with Crippen LogP contribution < -0.4 is 0 Å². The lowest BCUT2D eigenvalue weighted by molar-refractivity contribution is -0.419. The van der Waals surface area contributed by atoms with Gasteiger partial charge in [0, 0.05) is 0 Å². The molecule has 0 aromatic rings. The Kier molecular flexibility index (Phi) is 5.03. The van der Waals surface area contributed by atoms with Crippen molar-refractivity contribution < 1.29 is 67.0 Å². The van der Waals surface area contributed by atoms with Gasteiger partial charge < -0.3 is 5.11 Å². The number of carboxylic acids is 1. The zero-order chi connectivity index (χ0) is 19.2. The van der Waals surface area contributed by atoms with E-state index in [1.807, 2.05) is 0 Å². The van der Waals surface area contributed by atoms with Crippen LogP contribution in [0.3, 0.4) is 0 Å². The molecule has 0 rings (SSSR count). The monoisotopic (exact) mass is 376 g/mol. The smallest absolute Gasteiger partial charge is 0.460 e. The summed E-state index contributed by atoms with van der Waals surface area (Å²) >= 11 is 0. The van der Waals surface area contributed by atoms with Gasteiger partial charge in [0.1, 0.15) is 0 Å². The van der Waals surface area contributed by atoms with Gasteiger partial charge in [-0.15, -0.1) is 0 Å². The largest absolute Gasteiger partial charge is 0.476 e. The molecule has 136 valence electrons. The summed E-state index contributed by atoms with van der Waals surface area (Å²) in [6.45, 7) is 0. The zero-order valence-electron chi connectivity index (χ0n) is 9.77. The molecule has 1 N–H and O–H groups in total. The van der Waals surface area contributed by atoms with Gasteiger partial charge in [-0.05, 0) is 0 Å². The van der Waals surface area contributed by atoms with E-state index >= 15 is 0 Å². The predicted octanol–water partition coefficient (Wildman–Crippen LogP) is 4.33. The summed E-state index contributed by atoms with van der Waals surface area (Å²) in [5.74, 6) is -42.5. The maximum atomic E-state index is 12.8. The summed E-state index contributed by atoms with van der Waals surface area (Å²) in [5, 5.41) is 7.71. The Hall–Kier alpha value is -1.70. The first-order valence-electron chi connectivity index (χ1n) is 4.63. The van der Waals surface area contributed by atoms with Gasteiger partial charge in [0.05, 0.1) is 0 Å². The van der Waals surface area contributed by atoms with Crippen molar-refractivity contribution in [2.45, 2.75) is 29.9 Å². The summed E-state index contributed by atoms with van der Waals surface area (Å²) in [7, 11) is 0. The molecule has 23 heavy (non-hydrogen) atoms. The zero-order valence-corrected chi connectivity index (χ0v) is 9.77. The van der Waals surface area contributed by atoms with E-state index in [0.29, 0.717) is 0 Å². The molecule has 0 aliphatic rings. The highest BCUT2D eigenvalue weighted by Gasteiger charge is 2.88. The Labute approximate surface area is 116 Å². The fraction of sp³-hybridized carbons (Fsp3) is 0.625. The molecule has 0 saturated carbocycles. The van der Waals surface area contributed by atoms with E-state index in [2.05, 4.69) is 0 Å². The number of carbonyl (C=O) groups is 1. The topological polar surface area (TPSA) is 37.3 Å². The number of hydrogen-bond donors (Lipinski definition) is 1. The molecule has 0 saturated heterocycles. The van der Waals surface area contributed by atoms with E-state index in [4.69, 9.17) is 5.11 Å². The van der Waals surface area contributed by atoms with E-state index in [0.717, 1.165) is 0 Å². The number of hydrogen-bond acceptors (Lipinski definition) is 1. The van der Waals surface area contributed by atoms with E-state index in [-0.39, 0.29) is 0 Å². The highest BCUT2D eigenvalue weighted by atomic mass is 19.4. The highest BCUT2D eigenvalue weighted by Crippen LogP contribution is 2.59. The Morgan fingerprint density at radius 2 is 1.00 bits per heavy atom. The summed E-state index contributed by atoms with van der Waals surface area (Å²) in [5.41, 5.74) is 0. The Morgan fingerprint density at radius 3 is 1.26 bits per heavy atom. The number of rotatable bonds is 5. The van der Waals surface area contributed by atoms with Crippen molar-refractivity contribution in [3.63, 3.8) is 0 Å². The van der Waals surface area contributed by atoms with E-state index in [1.165, 1.54) is 0 Å². The van der Waals surface area contributed by atoms with Gasteiger partial charge in [-0.1, -0.05) is 0 Å². The summed E-state index contributed by atoms with van der Waals surface area (Å²) in [6, 6.07) is 0. The van der Waals surface area contributed by atoms with E-state index in [1.54, 1.807) is 0 Å². The molecule has 0 bridgehead atoms. The average molecular weight is 376 g/mol. The van der Waals surface area contributed by atoms with Crippen molar-refractivity contribution in [1.82, 2.24) is 0 Å². The third-order valence-electron chi connectivity index (χ3n) is 2.20. The molecule has 0 amide bonds.